The van der Waals surface area contributed by atoms with Gasteiger partial charge in [0.15, 0.2) is 11.5 Å². The number of methoxy groups -OCH3 is 2. The lowest BCUT2D eigenvalue weighted by molar-refractivity contribution is -0.131. The fourth-order valence-corrected chi connectivity index (χ4v) is 2.75. The summed E-state index contributed by atoms with van der Waals surface area (Å²) in [5.74, 6) is 1.53. The number of nitrogens with zero attached hydrogens (tertiary/aromatic N) is 2. The Morgan fingerprint density at radius 2 is 2.00 bits per heavy atom. The maximum atomic E-state index is 12.4. The number of hydrogen-bond donors (Lipinski definition) is 1. The van der Waals surface area contributed by atoms with Crippen molar-refractivity contribution in [1.29, 1.82) is 0 Å². The Morgan fingerprint density at radius 1 is 1.27 bits per heavy atom. The van der Waals surface area contributed by atoms with E-state index in [0.29, 0.717) is 18.7 Å². The lowest BCUT2D eigenvalue weighted by atomic mass is 9.98. The first-order chi connectivity index (χ1) is 10.7. The number of benzene rings is 1. The predicted molar refractivity (Wildman–Crippen MR) is 81.0 cm³/mol. The number of hydrogen-bond acceptors (Lipinski definition) is 4. The van der Waals surface area contributed by atoms with E-state index in [1.54, 1.807) is 26.7 Å². The molecule has 1 aromatic heterocycles. The molecule has 2 aromatic rings. The molecule has 1 aromatic carbocycles. The van der Waals surface area contributed by atoms with Crippen molar-refractivity contribution in [3.63, 3.8) is 0 Å². The number of H-pyrrole nitrogens is 1. The van der Waals surface area contributed by atoms with Crippen molar-refractivity contribution in [2.45, 2.75) is 19.4 Å². The first-order valence-corrected chi connectivity index (χ1v) is 7.20. The molecular formula is C16H19N3O3. The van der Waals surface area contributed by atoms with Crippen molar-refractivity contribution in [3.8, 4) is 11.5 Å². The number of nitrogens with one attached hydrogen (secondary N) is 1. The van der Waals surface area contributed by atoms with Crippen LogP contribution in [0.25, 0.3) is 0 Å². The van der Waals surface area contributed by atoms with Crippen molar-refractivity contribution >= 4 is 5.91 Å². The minimum absolute atomic E-state index is 0.102. The van der Waals surface area contributed by atoms with Crippen LogP contribution in [0.5, 0.6) is 11.5 Å². The monoisotopic (exact) mass is 301 g/mol. The molecule has 0 spiro atoms. The average Bonchev–Trinajstić information content (AvgIpc) is 3.05. The van der Waals surface area contributed by atoms with Crippen molar-refractivity contribution in [2.75, 3.05) is 20.8 Å². The molecule has 6 nitrogen and oxygen atoms in total. The SMILES string of the molecule is COc1cc2c(cc1OC)CN(C(=O)Cc1cnc[nH]1)CC2. The van der Waals surface area contributed by atoms with E-state index >= 15 is 0 Å². The Labute approximate surface area is 129 Å². The number of fused-ring (bicyclic) bond motifs is 1. The van der Waals surface area contributed by atoms with Gasteiger partial charge in [0.2, 0.25) is 5.91 Å². The molecular weight excluding hydrogens is 282 g/mol. The van der Waals surface area contributed by atoms with Crippen LogP contribution in [0.15, 0.2) is 24.7 Å². The zero-order chi connectivity index (χ0) is 15.5. The number of ether oxygens (including phenoxy) is 2. The number of rotatable bonds is 4. The van der Waals surface area contributed by atoms with Crippen LogP contribution >= 0.6 is 0 Å². The van der Waals surface area contributed by atoms with Gasteiger partial charge < -0.3 is 19.4 Å². The maximum absolute atomic E-state index is 12.4. The first kappa shape index (κ1) is 14.4. The molecule has 0 bridgehead atoms. The molecule has 1 amide bonds. The highest BCUT2D eigenvalue weighted by Crippen LogP contribution is 2.33. The summed E-state index contributed by atoms with van der Waals surface area (Å²) in [5.41, 5.74) is 3.16. The van der Waals surface area contributed by atoms with Gasteiger partial charge in [0.05, 0.1) is 27.0 Å². The minimum atomic E-state index is 0.102. The molecule has 0 unspecified atom stereocenters. The Balaban J connectivity index is 1.76. The van der Waals surface area contributed by atoms with Gasteiger partial charge >= 0.3 is 0 Å². The topological polar surface area (TPSA) is 67.5 Å². The molecule has 22 heavy (non-hydrogen) atoms. The molecule has 6 heteroatoms. The zero-order valence-corrected chi connectivity index (χ0v) is 12.8. The molecule has 1 aliphatic heterocycles. The number of aromatic nitrogens is 2. The van der Waals surface area contributed by atoms with Gasteiger partial charge in [0.1, 0.15) is 0 Å². The standard InChI is InChI=1S/C16H19N3O3/c1-21-14-5-11-3-4-19(9-12(11)6-15(14)22-2)16(20)7-13-8-17-10-18-13/h5-6,8,10H,3-4,7,9H2,1-2H3,(H,17,18). The number of carbonyl (C=O) groups is 1. The smallest absolute Gasteiger partial charge is 0.228 e. The Bertz CT molecular complexity index is 668. The summed E-state index contributed by atoms with van der Waals surface area (Å²) in [7, 11) is 3.25. The highest BCUT2D eigenvalue weighted by molar-refractivity contribution is 5.78. The number of aromatic amines is 1. The van der Waals surface area contributed by atoms with E-state index in [1.165, 1.54) is 5.56 Å². The van der Waals surface area contributed by atoms with Crippen molar-refractivity contribution in [2.24, 2.45) is 0 Å². The largest absolute Gasteiger partial charge is 0.493 e. The van der Waals surface area contributed by atoms with Crippen LogP contribution in [-0.2, 0) is 24.2 Å². The fourth-order valence-electron chi connectivity index (χ4n) is 2.75. The van der Waals surface area contributed by atoms with Crippen LogP contribution in [0.4, 0.5) is 0 Å². The summed E-state index contributed by atoms with van der Waals surface area (Å²) in [6, 6.07) is 3.97. The third kappa shape index (κ3) is 2.77. The number of carbonyl (C=O) groups excluding carboxylic acids is 1. The van der Waals surface area contributed by atoms with Gasteiger partial charge in [-0.3, -0.25) is 4.79 Å². The number of amides is 1. The van der Waals surface area contributed by atoms with E-state index in [0.717, 1.165) is 30.0 Å². The second-order valence-electron chi connectivity index (χ2n) is 5.29. The van der Waals surface area contributed by atoms with Crippen LogP contribution < -0.4 is 9.47 Å². The summed E-state index contributed by atoms with van der Waals surface area (Å²) < 4.78 is 10.7. The lowest BCUT2D eigenvalue weighted by Gasteiger charge is -2.29. The van der Waals surface area contributed by atoms with Gasteiger partial charge in [-0.25, -0.2) is 4.98 Å². The van der Waals surface area contributed by atoms with Crippen LogP contribution in [0, 0.1) is 0 Å². The van der Waals surface area contributed by atoms with Gasteiger partial charge in [-0.1, -0.05) is 0 Å². The summed E-state index contributed by atoms with van der Waals surface area (Å²) in [4.78, 5) is 21.2. The summed E-state index contributed by atoms with van der Waals surface area (Å²) >= 11 is 0. The molecule has 0 saturated heterocycles. The first-order valence-electron chi connectivity index (χ1n) is 7.20. The third-order valence-electron chi connectivity index (χ3n) is 3.97. The normalized spacial score (nSPS) is 13.6. The lowest BCUT2D eigenvalue weighted by Crippen LogP contribution is -2.37. The molecule has 0 saturated carbocycles. The van der Waals surface area contributed by atoms with Crippen LogP contribution in [-0.4, -0.2) is 41.5 Å². The zero-order valence-electron chi connectivity index (χ0n) is 12.8. The molecule has 116 valence electrons. The highest BCUT2D eigenvalue weighted by Gasteiger charge is 2.23. The van der Waals surface area contributed by atoms with E-state index in [4.69, 9.17) is 9.47 Å². The van der Waals surface area contributed by atoms with Crippen molar-refractivity contribution in [3.05, 3.63) is 41.5 Å². The Kier molecular flexibility index (Phi) is 4.00. The number of imidazole rings is 1. The van der Waals surface area contributed by atoms with Gasteiger partial charge in [-0.15, -0.1) is 0 Å². The van der Waals surface area contributed by atoms with Crippen LogP contribution in [0.1, 0.15) is 16.8 Å². The van der Waals surface area contributed by atoms with Crippen LogP contribution in [0.2, 0.25) is 0 Å². The van der Waals surface area contributed by atoms with Gasteiger partial charge in [-0.05, 0) is 29.7 Å². The average molecular weight is 301 g/mol. The Hall–Kier alpha value is -2.50. The molecule has 0 radical (unpaired) electrons. The molecule has 1 N–H and O–H groups in total. The summed E-state index contributed by atoms with van der Waals surface area (Å²) in [6.45, 7) is 1.32. The molecule has 0 fully saturated rings. The van der Waals surface area contributed by atoms with E-state index in [9.17, 15) is 4.79 Å². The van der Waals surface area contributed by atoms with Gasteiger partial charge in [-0.2, -0.15) is 0 Å². The summed E-state index contributed by atoms with van der Waals surface area (Å²) in [5, 5.41) is 0. The molecule has 3 rings (SSSR count). The molecule has 0 aliphatic carbocycles. The molecule has 2 heterocycles. The van der Waals surface area contributed by atoms with E-state index < -0.39 is 0 Å². The maximum Gasteiger partial charge on any atom is 0.228 e. The van der Waals surface area contributed by atoms with Crippen molar-refractivity contribution in [1.82, 2.24) is 14.9 Å². The van der Waals surface area contributed by atoms with E-state index in [1.807, 2.05) is 17.0 Å². The predicted octanol–water partition coefficient (Wildman–Crippen LogP) is 1.55. The summed E-state index contributed by atoms with van der Waals surface area (Å²) in [6.07, 6.45) is 4.45. The van der Waals surface area contributed by atoms with E-state index in [2.05, 4.69) is 9.97 Å². The molecule has 1 aliphatic rings. The van der Waals surface area contributed by atoms with Gasteiger partial charge in [0, 0.05) is 25.0 Å². The quantitative estimate of drug-likeness (QED) is 0.930. The van der Waals surface area contributed by atoms with Gasteiger partial charge in [0.25, 0.3) is 0 Å². The van der Waals surface area contributed by atoms with Crippen LogP contribution in [0.3, 0.4) is 0 Å². The Morgan fingerprint density at radius 3 is 2.64 bits per heavy atom. The minimum Gasteiger partial charge on any atom is -0.493 e. The van der Waals surface area contributed by atoms with E-state index in [-0.39, 0.29) is 5.91 Å². The fraction of sp³-hybridized carbons (Fsp3) is 0.375. The third-order valence-corrected chi connectivity index (χ3v) is 3.97. The second kappa shape index (κ2) is 6.09. The highest BCUT2D eigenvalue weighted by atomic mass is 16.5. The van der Waals surface area contributed by atoms with Crippen molar-refractivity contribution < 1.29 is 14.3 Å². The second-order valence-corrected chi connectivity index (χ2v) is 5.29. The molecule has 0 atom stereocenters.